The quantitative estimate of drug-likeness (QED) is 0.230. The van der Waals surface area contributed by atoms with E-state index in [1.807, 2.05) is 42.5 Å². The van der Waals surface area contributed by atoms with Gasteiger partial charge in [-0.2, -0.15) is 9.78 Å². The van der Waals surface area contributed by atoms with Gasteiger partial charge in [0.2, 0.25) is 11.6 Å². The first-order chi connectivity index (χ1) is 19.1. The van der Waals surface area contributed by atoms with Gasteiger partial charge in [0.15, 0.2) is 17.2 Å². The lowest BCUT2D eigenvalue weighted by Crippen LogP contribution is -2.31. The van der Waals surface area contributed by atoms with Gasteiger partial charge in [-0.3, -0.25) is 9.69 Å². The van der Waals surface area contributed by atoms with E-state index in [2.05, 4.69) is 36.1 Å². The van der Waals surface area contributed by atoms with Crippen molar-refractivity contribution in [2.75, 3.05) is 25.9 Å². The Hall–Kier alpha value is -4.78. The van der Waals surface area contributed by atoms with Crippen LogP contribution in [0.15, 0.2) is 58.3 Å². The van der Waals surface area contributed by atoms with Gasteiger partial charge in [-0.05, 0) is 53.9 Å². The average molecular weight is 532 g/mol. The second-order valence-electron chi connectivity index (χ2n) is 8.96. The largest absolute Gasteiger partial charge is 0.493 e. The van der Waals surface area contributed by atoms with Gasteiger partial charge in [0.1, 0.15) is 6.61 Å². The number of nitrogens with two attached hydrogens (primary N) is 1. The normalized spacial score (nSPS) is 14.0. The Labute approximate surface area is 224 Å². The lowest BCUT2D eigenvalue weighted by atomic mass is 10.1. The highest BCUT2D eigenvalue weighted by atomic mass is 16.6. The number of piperidine rings is 1. The molecule has 202 valence electrons. The van der Waals surface area contributed by atoms with Gasteiger partial charge >= 0.3 is 0 Å². The third kappa shape index (κ3) is 6.04. The highest BCUT2D eigenvalue weighted by Crippen LogP contribution is 2.31. The van der Waals surface area contributed by atoms with Gasteiger partial charge in [0.05, 0.1) is 19.0 Å². The number of anilines is 1. The van der Waals surface area contributed by atoms with Crippen molar-refractivity contribution in [3.63, 3.8) is 0 Å². The van der Waals surface area contributed by atoms with Gasteiger partial charge in [0.25, 0.3) is 5.91 Å². The zero-order chi connectivity index (χ0) is 27.0. The van der Waals surface area contributed by atoms with E-state index >= 15 is 0 Å². The van der Waals surface area contributed by atoms with Gasteiger partial charge in [-0.1, -0.05) is 48.0 Å². The number of methoxy groups -OCH3 is 1. The zero-order valence-corrected chi connectivity index (χ0v) is 21.5. The fourth-order valence-electron chi connectivity index (χ4n) is 4.35. The molecular weight excluding hydrogens is 502 g/mol. The van der Waals surface area contributed by atoms with Crippen LogP contribution in [-0.2, 0) is 13.2 Å². The lowest BCUT2D eigenvalue weighted by molar-refractivity contribution is 0.0947. The first-order valence-electron chi connectivity index (χ1n) is 12.6. The third-order valence-corrected chi connectivity index (χ3v) is 6.32. The van der Waals surface area contributed by atoms with Crippen LogP contribution in [0.4, 0.5) is 5.82 Å². The number of hydrazone groups is 1. The van der Waals surface area contributed by atoms with Crippen molar-refractivity contribution in [2.45, 2.75) is 32.4 Å². The van der Waals surface area contributed by atoms with Crippen molar-refractivity contribution in [3.05, 3.63) is 71.0 Å². The maximum absolute atomic E-state index is 13.2. The number of nitrogens with zero attached hydrogens (tertiary/aromatic N) is 7. The molecule has 0 spiro atoms. The van der Waals surface area contributed by atoms with Crippen molar-refractivity contribution in [1.82, 2.24) is 35.6 Å². The summed E-state index contributed by atoms with van der Waals surface area (Å²) in [5.41, 5.74) is 10.7. The SMILES string of the molecule is COc1cccc(C=NNC(=O)c2nnn(-c3nonc3N)c2CN2CCCCC2)c1OCc1ccccc1. The Balaban J connectivity index is 1.35. The molecule has 2 aromatic carbocycles. The predicted octanol–water partition coefficient (Wildman–Crippen LogP) is 2.57. The summed E-state index contributed by atoms with van der Waals surface area (Å²) in [5.74, 6) is 0.744. The molecule has 13 nitrogen and oxygen atoms in total. The van der Waals surface area contributed by atoms with Crippen LogP contribution in [0.3, 0.4) is 0 Å². The monoisotopic (exact) mass is 531 g/mol. The molecule has 0 saturated carbocycles. The van der Waals surface area contributed by atoms with Crippen molar-refractivity contribution < 1.29 is 18.9 Å². The standard InChI is InChI=1S/C26H29N9O4/c1-37-21-12-8-11-19(23(21)38-17-18-9-4-2-5-10-18)15-28-30-26(36)22-20(16-34-13-6-3-7-14-34)35(33-29-22)25-24(27)31-39-32-25/h2,4-5,8-12,15H,3,6-7,13-14,16-17H2,1H3,(H2,27,31)(H,30,36). The van der Waals surface area contributed by atoms with Crippen LogP contribution in [0.5, 0.6) is 11.5 Å². The van der Waals surface area contributed by atoms with Crippen LogP contribution >= 0.6 is 0 Å². The number of amides is 1. The molecule has 1 saturated heterocycles. The summed E-state index contributed by atoms with van der Waals surface area (Å²) < 4.78 is 17.7. The van der Waals surface area contributed by atoms with Gasteiger partial charge in [-0.25, -0.2) is 10.1 Å². The molecule has 39 heavy (non-hydrogen) atoms. The van der Waals surface area contributed by atoms with Crippen LogP contribution < -0.4 is 20.6 Å². The number of benzene rings is 2. The molecular formula is C26H29N9O4. The van der Waals surface area contributed by atoms with E-state index in [0.29, 0.717) is 35.9 Å². The number of ether oxygens (including phenoxy) is 2. The molecule has 0 atom stereocenters. The smallest absolute Gasteiger partial charge is 0.293 e. The highest BCUT2D eigenvalue weighted by Gasteiger charge is 2.26. The third-order valence-electron chi connectivity index (χ3n) is 6.32. The zero-order valence-electron chi connectivity index (χ0n) is 21.5. The number of rotatable bonds is 10. The van der Waals surface area contributed by atoms with E-state index in [1.165, 1.54) is 17.3 Å². The first-order valence-corrected chi connectivity index (χ1v) is 12.6. The van der Waals surface area contributed by atoms with Crippen LogP contribution in [-0.4, -0.2) is 62.5 Å². The topological polar surface area (TPSA) is 159 Å². The van der Waals surface area contributed by atoms with Crippen molar-refractivity contribution in [1.29, 1.82) is 0 Å². The number of likely N-dealkylation sites (tertiary alicyclic amines) is 1. The van der Waals surface area contributed by atoms with Crippen LogP contribution in [0.2, 0.25) is 0 Å². The molecule has 1 amide bonds. The Morgan fingerprint density at radius 3 is 2.69 bits per heavy atom. The lowest BCUT2D eigenvalue weighted by Gasteiger charge is -2.26. The summed E-state index contributed by atoms with van der Waals surface area (Å²) in [4.78, 5) is 15.4. The Morgan fingerprint density at radius 2 is 1.95 bits per heavy atom. The second kappa shape index (κ2) is 12.2. The Bertz CT molecular complexity index is 1430. The minimum absolute atomic E-state index is 0.0471. The summed E-state index contributed by atoms with van der Waals surface area (Å²) in [6.45, 7) is 2.58. The van der Waals surface area contributed by atoms with Gasteiger partial charge < -0.3 is 15.2 Å². The molecule has 4 aromatic rings. The fraction of sp³-hybridized carbons (Fsp3) is 0.308. The minimum atomic E-state index is -0.533. The Morgan fingerprint density at radius 1 is 1.13 bits per heavy atom. The van der Waals surface area contributed by atoms with E-state index in [1.54, 1.807) is 13.2 Å². The molecule has 1 aliphatic heterocycles. The molecule has 0 aliphatic carbocycles. The van der Waals surface area contributed by atoms with Crippen LogP contribution in [0.25, 0.3) is 5.82 Å². The molecule has 5 rings (SSSR count). The number of nitrogens with one attached hydrogen (secondary N) is 1. The molecule has 1 fully saturated rings. The minimum Gasteiger partial charge on any atom is -0.493 e. The van der Waals surface area contributed by atoms with Crippen molar-refractivity contribution in [2.24, 2.45) is 5.10 Å². The number of para-hydroxylation sites is 1. The summed E-state index contributed by atoms with van der Waals surface area (Å²) in [7, 11) is 1.57. The number of aromatic nitrogens is 5. The summed E-state index contributed by atoms with van der Waals surface area (Å²) in [5, 5.41) is 19.8. The number of nitrogen functional groups attached to an aromatic ring is 1. The molecule has 3 N–H and O–H groups in total. The van der Waals surface area contributed by atoms with Gasteiger partial charge in [-0.15, -0.1) is 5.10 Å². The molecule has 0 bridgehead atoms. The molecule has 2 aromatic heterocycles. The average Bonchev–Trinajstić information content (AvgIpc) is 3.58. The molecule has 0 unspecified atom stereocenters. The molecule has 3 heterocycles. The van der Waals surface area contributed by atoms with Crippen LogP contribution in [0.1, 0.15) is 46.6 Å². The maximum atomic E-state index is 13.2. The number of hydrogen-bond donors (Lipinski definition) is 2. The van der Waals surface area contributed by atoms with E-state index in [0.717, 1.165) is 31.5 Å². The summed E-state index contributed by atoms with van der Waals surface area (Å²) in [6.07, 6.45) is 4.83. The number of carbonyl (C=O) groups is 1. The number of carbonyl (C=O) groups excluding carboxylic acids is 1. The second-order valence-corrected chi connectivity index (χ2v) is 8.96. The van der Waals surface area contributed by atoms with E-state index < -0.39 is 5.91 Å². The predicted molar refractivity (Wildman–Crippen MR) is 142 cm³/mol. The summed E-state index contributed by atoms with van der Waals surface area (Å²) >= 11 is 0. The molecule has 1 aliphatic rings. The van der Waals surface area contributed by atoms with E-state index in [4.69, 9.17) is 19.8 Å². The Kier molecular flexibility index (Phi) is 8.07. The number of hydrogen-bond acceptors (Lipinski definition) is 11. The van der Waals surface area contributed by atoms with Crippen LogP contribution in [0, 0.1) is 0 Å². The van der Waals surface area contributed by atoms with E-state index in [9.17, 15) is 4.79 Å². The molecule has 0 radical (unpaired) electrons. The fourth-order valence-corrected chi connectivity index (χ4v) is 4.35. The van der Waals surface area contributed by atoms with E-state index in [-0.39, 0.29) is 17.3 Å². The maximum Gasteiger partial charge on any atom is 0.293 e. The molecule has 13 heteroatoms. The first kappa shape index (κ1) is 25.9. The van der Waals surface area contributed by atoms with Crippen molar-refractivity contribution >= 4 is 17.9 Å². The highest BCUT2D eigenvalue weighted by molar-refractivity contribution is 5.94. The van der Waals surface area contributed by atoms with Crippen molar-refractivity contribution in [3.8, 4) is 17.3 Å². The van der Waals surface area contributed by atoms with Gasteiger partial charge in [0, 0.05) is 12.1 Å². The summed E-state index contributed by atoms with van der Waals surface area (Å²) in [6, 6.07) is 15.2.